The third-order valence-corrected chi connectivity index (χ3v) is 6.04. The summed E-state index contributed by atoms with van der Waals surface area (Å²) in [5.74, 6) is -0.988. The van der Waals surface area contributed by atoms with Crippen LogP contribution in [0.15, 0.2) is 48.5 Å². The van der Waals surface area contributed by atoms with E-state index in [9.17, 15) is 14.4 Å². The van der Waals surface area contributed by atoms with E-state index in [4.69, 9.17) is 9.84 Å². The molecule has 0 saturated heterocycles. The first-order valence-electron chi connectivity index (χ1n) is 11.8. The van der Waals surface area contributed by atoms with Gasteiger partial charge in [0.05, 0.1) is 0 Å². The highest BCUT2D eigenvalue weighted by molar-refractivity contribution is 5.81. The number of nitrogens with zero attached hydrogens (tertiary/aromatic N) is 1. The highest BCUT2D eigenvalue weighted by Gasteiger charge is 2.29. The van der Waals surface area contributed by atoms with Crippen molar-refractivity contribution in [3.63, 3.8) is 0 Å². The van der Waals surface area contributed by atoms with Crippen LogP contribution in [0, 0.1) is 11.8 Å². The second-order valence-electron chi connectivity index (χ2n) is 9.41. The lowest BCUT2D eigenvalue weighted by molar-refractivity contribution is -0.145. The molecule has 0 radical (unpaired) electrons. The van der Waals surface area contributed by atoms with E-state index in [0.29, 0.717) is 19.5 Å². The number of carbonyl (C=O) groups excluding carboxylic acids is 2. The Morgan fingerprint density at radius 2 is 1.59 bits per heavy atom. The van der Waals surface area contributed by atoms with Crippen LogP contribution in [0.5, 0.6) is 0 Å². The minimum atomic E-state index is -1.02. The average Bonchev–Trinajstić information content (AvgIpc) is 3.10. The summed E-state index contributed by atoms with van der Waals surface area (Å²) in [5.41, 5.74) is 4.69. The third kappa shape index (κ3) is 6.59. The van der Waals surface area contributed by atoms with E-state index >= 15 is 0 Å². The molecule has 0 saturated carbocycles. The maximum Gasteiger partial charge on any atom is 0.407 e. The van der Waals surface area contributed by atoms with Gasteiger partial charge in [0, 0.05) is 25.4 Å². The van der Waals surface area contributed by atoms with Crippen LogP contribution < -0.4 is 5.32 Å². The molecule has 0 aromatic heterocycles. The van der Waals surface area contributed by atoms with Gasteiger partial charge in [-0.2, -0.15) is 0 Å². The summed E-state index contributed by atoms with van der Waals surface area (Å²) in [7, 11) is 0. The number of hydrogen-bond acceptors (Lipinski definition) is 4. The number of benzene rings is 2. The van der Waals surface area contributed by atoms with Crippen molar-refractivity contribution in [3.8, 4) is 11.1 Å². The quantitative estimate of drug-likeness (QED) is 0.508. The second-order valence-corrected chi connectivity index (χ2v) is 9.41. The zero-order valence-electron chi connectivity index (χ0n) is 20.1. The maximum atomic E-state index is 12.5. The van der Waals surface area contributed by atoms with Gasteiger partial charge in [0.1, 0.15) is 13.2 Å². The second kappa shape index (κ2) is 11.7. The Bertz CT molecular complexity index is 974. The van der Waals surface area contributed by atoms with E-state index < -0.39 is 12.1 Å². The highest BCUT2D eigenvalue weighted by atomic mass is 16.5. The molecule has 182 valence electrons. The van der Waals surface area contributed by atoms with Gasteiger partial charge in [-0.15, -0.1) is 0 Å². The van der Waals surface area contributed by atoms with Crippen molar-refractivity contribution in [1.29, 1.82) is 0 Å². The number of hydrogen-bond donors (Lipinski definition) is 2. The Morgan fingerprint density at radius 1 is 1.00 bits per heavy atom. The summed E-state index contributed by atoms with van der Waals surface area (Å²) in [6, 6.07) is 16.4. The highest BCUT2D eigenvalue weighted by Crippen LogP contribution is 2.44. The predicted molar refractivity (Wildman–Crippen MR) is 131 cm³/mol. The van der Waals surface area contributed by atoms with Crippen LogP contribution in [0.1, 0.15) is 50.7 Å². The van der Waals surface area contributed by atoms with E-state index in [1.54, 1.807) is 0 Å². The molecule has 0 heterocycles. The molecule has 1 unspecified atom stereocenters. The number of amides is 2. The first-order valence-corrected chi connectivity index (χ1v) is 11.8. The number of ether oxygens (including phenoxy) is 1. The number of alkyl carbamates (subject to hydrolysis) is 1. The molecular weight excluding hydrogens is 432 g/mol. The molecule has 7 heteroatoms. The van der Waals surface area contributed by atoms with E-state index in [-0.39, 0.29) is 43.2 Å². The zero-order valence-corrected chi connectivity index (χ0v) is 20.1. The van der Waals surface area contributed by atoms with Crippen molar-refractivity contribution in [2.24, 2.45) is 11.8 Å². The summed E-state index contributed by atoms with van der Waals surface area (Å²) in [6.07, 6.45) is 0.359. The number of rotatable bonds is 11. The van der Waals surface area contributed by atoms with Crippen LogP contribution in [0.2, 0.25) is 0 Å². The van der Waals surface area contributed by atoms with Gasteiger partial charge in [0.25, 0.3) is 0 Å². The number of aliphatic carboxylic acids is 1. The molecule has 7 nitrogen and oxygen atoms in total. The van der Waals surface area contributed by atoms with Crippen molar-refractivity contribution in [3.05, 3.63) is 59.7 Å². The number of nitrogens with one attached hydrogen (secondary N) is 1. The van der Waals surface area contributed by atoms with Crippen molar-refractivity contribution < 1.29 is 24.2 Å². The van der Waals surface area contributed by atoms with Crippen molar-refractivity contribution >= 4 is 18.0 Å². The fraction of sp³-hybridized carbons (Fsp3) is 0.444. The molecule has 2 aromatic rings. The summed E-state index contributed by atoms with van der Waals surface area (Å²) >= 11 is 0. The van der Waals surface area contributed by atoms with Crippen LogP contribution in [-0.4, -0.2) is 54.2 Å². The fourth-order valence-electron chi connectivity index (χ4n) is 4.46. The van der Waals surface area contributed by atoms with Gasteiger partial charge >= 0.3 is 12.1 Å². The predicted octanol–water partition coefficient (Wildman–Crippen LogP) is 4.51. The lowest BCUT2D eigenvalue weighted by atomic mass is 9.98. The van der Waals surface area contributed by atoms with Crippen LogP contribution in [0.3, 0.4) is 0 Å². The monoisotopic (exact) mass is 466 g/mol. The minimum absolute atomic E-state index is 0.00448. The molecule has 1 atom stereocenters. The Hall–Kier alpha value is -3.35. The van der Waals surface area contributed by atoms with Crippen LogP contribution >= 0.6 is 0 Å². The van der Waals surface area contributed by atoms with Gasteiger partial charge in [-0.3, -0.25) is 9.59 Å². The van der Waals surface area contributed by atoms with Crippen molar-refractivity contribution in [1.82, 2.24) is 10.2 Å². The largest absolute Gasteiger partial charge is 0.480 e. The van der Waals surface area contributed by atoms with E-state index in [2.05, 4.69) is 29.6 Å². The third-order valence-electron chi connectivity index (χ3n) is 6.04. The maximum absolute atomic E-state index is 12.5. The summed E-state index contributed by atoms with van der Waals surface area (Å²) in [6.45, 7) is 6.58. The number of carboxylic acids is 1. The number of carboxylic acid groups (broad SMARTS) is 1. The van der Waals surface area contributed by atoms with Crippen molar-refractivity contribution in [2.45, 2.75) is 39.5 Å². The van der Waals surface area contributed by atoms with E-state index in [1.807, 2.05) is 45.0 Å². The smallest absolute Gasteiger partial charge is 0.407 e. The molecule has 0 spiro atoms. The SMILES string of the molecule is CC(C)CN(CC(=O)O)C(=O)CC(C)CCNC(=O)OCC1c2ccccc2-c2ccccc21. The summed E-state index contributed by atoms with van der Waals surface area (Å²) in [4.78, 5) is 37.3. The molecule has 2 amide bonds. The molecule has 34 heavy (non-hydrogen) atoms. The molecule has 1 aliphatic carbocycles. The fourth-order valence-corrected chi connectivity index (χ4v) is 4.46. The average molecular weight is 467 g/mol. The van der Waals surface area contributed by atoms with Crippen LogP contribution in [0.4, 0.5) is 4.79 Å². The first kappa shape index (κ1) is 25.3. The topological polar surface area (TPSA) is 95.9 Å². The molecule has 0 fully saturated rings. The van der Waals surface area contributed by atoms with Crippen molar-refractivity contribution in [2.75, 3.05) is 26.2 Å². The zero-order chi connectivity index (χ0) is 24.7. The molecule has 0 bridgehead atoms. The first-order chi connectivity index (χ1) is 16.3. The Labute approximate surface area is 201 Å². The number of fused-ring (bicyclic) bond motifs is 3. The number of carbonyl (C=O) groups is 3. The van der Waals surface area contributed by atoms with Crippen LogP contribution in [-0.2, 0) is 14.3 Å². The summed E-state index contributed by atoms with van der Waals surface area (Å²) in [5, 5.41) is 11.8. The lowest BCUT2D eigenvalue weighted by Gasteiger charge is -2.24. The minimum Gasteiger partial charge on any atom is -0.480 e. The van der Waals surface area contributed by atoms with E-state index in [1.165, 1.54) is 16.0 Å². The molecule has 2 aromatic carbocycles. The normalized spacial score (nSPS) is 13.2. The molecular formula is C27H34N2O5. The Kier molecular flexibility index (Phi) is 8.68. The summed E-state index contributed by atoms with van der Waals surface area (Å²) < 4.78 is 5.54. The lowest BCUT2D eigenvalue weighted by Crippen LogP contribution is -2.39. The standard InChI is InChI=1S/C27H34N2O5/c1-18(2)15-29(16-26(31)32)25(30)14-19(3)12-13-28-27(33)34-17-24-22-10-6-4-8-20(22)21-9-5-7-11-23(21)24/h4-11,18-19,24H,12-17H2,1-3H3,(H,28,33)(H,31,32). The molecule has 3 rings (SSSR count). The van der Waals surface area contributed by atoms with E-state index in [0.717, 1.165) is 11.1 Å². The van der Waals surface area contributed by atoms with Gasteiger partial charge in [-0.05, 0) is 40.5 Å². The van der Waals surface area contributed by atoms with Gasteiger partial charge < -0.3 is 20.1 Å². The van der Waals surface area contributed by atoms with Gasteiger partial charge in [-0.25, -0.2) is 4.79 Å². The van der Waals surface area contributed by atoms with Gasteiger partial charge in [0.2, 0.25) is 5.91 Å². The van der Waals surface area contributed by atoms with Gasteiger partial charge in [0.15, 0.2) is 0 Å². The Morgan fingerprint density at radius 3 is 2.15 bits per heavy atom. The van der Waals surface area contributed by atoms with Crippen LogP contribution in [0.25, 0.3) is 11.1 Å². The molecule has 2 N–H and O–H groups in total. The Balaban J connectivity index is 1.44. The molecule has 0 aliphatic heterocycles. The molecule has 1 aliphatic rings. The van der Waals surface area contributed by atoms with Gasteiger partial charge in [-0.1, -0.05) is 69.3 Å².